The predicted molar refractivity (Wildman–Crippen MR) is 73.6 cm³/mol. The van der Waals surface area contributed by atoms with Crippen LogP contribution < -0.4 is 0 Å². The van der Waals surface area contributed by atoms with Gasteiger partial charge in [0.2, 0.25) is 0 Å². The molecule has 0 fully saturated rings. The maximum atomic E-state index is 11.2. The summed E-state index contributed by atoms with van der Waals surface area (Å²) in [7, 11) is 1.55. The van der Waals surface area contributed by atoms with Crippen molar-refractivity contribution in [3.63, 3.8) is 0 Å². The molecule has 0 aliphatic heterocycles. The Morgan fingerprint density at radius 2 is 1.95 bits per heavy atom. The van der Waals surface area contributed by atoms with E-state index < -0.39 is 5.97 Å². The van der Waals surface area contributed by atoms with Crippen LogP contribution in [0.25, 0.3) is 5.57 Å². The topological polar surface area (TPSA) is 55.8 Å². The number of carboxylic acid groups (broad SMARTS) is 1. The van der Waals surface area contributed by atoms with Gasteiger partial charge in [0.15, 0.2) is 0 Å². The highest BCUT2D eigenvalue weighted by molar-refractivity contribution is 6.15. The zero-order valence-corrected chi connectivity index (χ0v) is 11.1. The molecule has 0 aliphatic rings. The number of rotatable bonds is 7. The quantitative estimate of drug-likeness (QED) is 0.355. The van der Waals surface area contributed by atoms with Gasteiger partial charge in [0.25, 0.3) is 0 Å². The lowest BCUT2D eigenvalue weighted by molar-refractivity contribution is -0.130. The Morgan fingerprint density at radius 3 is 2.53 bits per heavy atom. The molecular weight excluding hydrogens is 244 g/mol. The van der Waals surface area contributed by atoms with Crippen molar-refractivity contribution >= 4 is 11.5 Å². The average Bonchev–Trinajstić information content (AvgIpc) is 2.40. The first-order valence-electron chi connectivity index (χ1n) is 5.88. The maximum absolute atomic E-state index is 11.2. The molecule has 1 N–H and O–H groups in total. The monoisotopic (exact) mass is 262 g/mol. The summed E-state index contributed by atoms with van der Waals surface area (Å²) in [5, 5.41) is 9.20. The summed E-state index contributed by atoms with van der Waals surface area (Å²) >= 11 is 0. The Hall–Kier alpha value is -1.91. The molecule has 0 spiro atoms. The molecule has 1 rings (SSSR count). The number of carbonyl (C=O) groups is 1. The zero-order chi connectivity index (χ0) is 14.1. The molecule has 0 heterocycles. The number of carboxylic acids is 1. The molecule has 4 nitrogen and oxygen atoms in total. The van der Waals surface area contributed by atoms with Crippen LogP contribution in [0.1, 0.15) is 12.5 Å². The van der Waals surface area contributed by atoms with Crippen LogP contribution >= 0.6 is 0 Å². The summed E-state index contributed by atoms with van der Waals surface area (Å²) in [5.41, 5.74) is 1.86. The van der Waals surface area contributed by atoms with E-state index in [2.05, 4.69) is 0 Å². The Kier molecular flexibility index (Phi) is 6.57. The summed E-state index contributed by atoms with van der Waals surface area (Å²) in [6.45, 7) is 2.50. The molecule has 0 bridgehead atoms. The largest absolute Gasteiger partial charge is 0.478 e. The predicted octanol–water partition coefficient (Wildman–Crippen LogP) is 2.72. The van der Waals surface area contributed by atoms with Crippen LogP contribution in [0.3, 0.4) is 0 Å². The van der Waals surface area contributed by atoms with Crippen molar-refractivity contribution in [3.8, 4) is 0 Å². The van der Waals surface area contributed by atoms with Crippen molar-refractivity contribution in [1.82, 2.24) is 0 Å². The van der Waals surface area contributed by atoms with Crippen molar-refractivity contribution in [2.45, 2.75) is 6.92 Å². The van der Waals surface area contributed by atoms with Gasteiger partial charge in [0, 0.05) is 7.11 Å². The third kappa shape index (κ3) is 5.50. The van der Waals surface area contributed by atoms with Crippen molar-refractivity contribution in [1.29, 1.82) is 0 Å². The Labute approximate surface area is 113 Å². The summed E-state index contributed by atoms with van der Waals surface area (Å²) < 4.78 is 9.94. The van der Waals surface area contributed by atoms with Crippen molar-refractivity contribution in [2.75, 3.05) is 20.5 Å². The molecule has 0 aromatic heterocycles. The zero-order valence-electron chi connectivity index (χ0n) is 11.1. The normalized spacial score (nSPS) is 12.5. The Morgan fingerprint density at radius 1 is 1.26 bits per heavy atom. The van der Waals surface area contributed by atoms with E-state index in [9.17, 15) is 9.90 Å². The molecule has 4 heteroatoms. The molecule has 0 unspecified atom stereocenters. The fourth-order valence-corrected chi connectivity index (χ4v) is 1.47. The van der Waals surface area contributed by atoms with E-state index >= 15 is 0 Å². The number of hydrogen-bond donors (Lipinski definition) is 1. The third-order valence-corrected chi connectivity index (χ3v) is 2.38. The van der Waals surface area contributed by atoms with Crippen LogP contribution in [0.4, 0.5) is 0 Å². The maximum Gasteiger partial charge on any atom is 0.336 e. The Balaban J connectivity index is 2.80. The standard InChI is InChI=1S/C15H18O4/c1-12(10-19-11-18-2)8-9-14(15(16)17)13-6-4-3-5-7-13/h3-9H,10-11H2,1-2H3,(H,16,17)/b12-8+,14-9+. The van der Waals surface area contributed by atoms with Gasteiger partial charge in [0.1, 0.15) is 6.79 Å². The van der Waals surface area contributed by atoms with E-state index in [1.807, 2.05) is 25.1 Å². The van der Waals surface area contributed by atoms with Gasteiger partial charge in [-0.15, -0.1) is 0 Å². The molecule has 0 atom stereocenters. The molecule has 0 aliphatic carbocycles. The lowest BCUT2D eigenvalue weighted by atomic mass is 10.1. The fraction of sp³-hybridized carbons (Fsp3) is 0.267. The minimum absolute atomic E-state index is 0.222. The first kappa shape index (κ1) is 15.1. The minimum Gasteiger partial charge on any atom is -0.478 e. The van der Waals surface area contributed by atoms with E-state index in [0.29, 0.717) is 12.2 Å². The van der Waals surface area contributed by atoms with Crippen LogP contribution in [0.5, 0.6) is 0 Å². The summed E-state index contributed by atoms with van der Waals surface area (Å²) in [6, 6.07) is 9.01. The number of aliphatic carboxylic acids is 1. The van der Waals surface area contributed by atoms with Crippen LogP contribution in [0.15, 0.2) is 48.1 Å². The van der Waals surface area contributed by atoms with Gasteiger partial charge < -0.3 is 14.6 Å². The molecular formula is C15H18O4. The fourth-order valence-electron chi connectivity index (χ4n) is 1.47. The first-order valence-corrected chi connectivity index (χ1v) is 5.88. The smallest absolute Gasteiger partial charge is 0.336 e. The van der Waals surface area contributed by atoms with Crippen molar-refractivity contribution in [2.24, 2.45) is 0 Å². The second kappa shape index (κ2) is 8.24. The highest BCUT2D eigenvalue weighted by Gasteiger charge is 2.08. The highest BCUT2D eigenvalue weighted by atomic mass is 16.7. The molecule has 19 heavy (non-hydrogen) atoms. The van der Waals surface area contributed by atoms with Gasteiger partial charge >= 0.3 is 5.97 Å². The SMILES string of the molecule is COCOC/C(C)=C/C=C(/C(=O)O)c1ccccc1. The number of hydrogen-bond acceptors (Lipinski definition) is 3. The van der Waals surface area contributed by atoms with E-state index in [0.717, 1.165) is 5.57 Å². The van der Waals surface area contributed by atoms with Gasteiger partial charge in [-0.1, -0.05) is 36.4 Å². The van der Waals surface area contributed by atoms with Crippen molar-refractivity contribution < 1.29 is 19.4 Å². The van der Waals surface area contributed by atoms with Gasteiger partial charge in [-0.2, -0.15) is 0 Å². The lowest BCUT2D eigenvalue weighted by Crippen LogP contribution is -2.01. The van der Waals surface area contributed by atoms with Crippen LogP contribution in [0, 0.1) is 0 Å². The third-order valence-electron chi connectivity index (χ3n) is 2.38. The molecule has 102 valence electrons. The minimum atomic E-state index is -0.951. The molecule has 0 radical (unpaired) electrons. The average molecular weight is 262 g/mol. The van der Waals surface area contributed by atoms with E-state index in [1.165, 1.54) is 0 Å². The van der Waals surface area contributed by atoms with E-state index in [1.54, 1.807) is 31.4 Å². The highest BCUT2D eigenvalue weighted by Crippen LogP contribution is 2.14. The number of ether oxygens (including phenoxy) is 2. The van der Waals surface area contributed by atoms with Crippen LogP contribution in [-0.2, 0) is 14.3 Å². The second-order valence-corrected chi connectivity index (χ2v) is 4.02. The summed E-state index contributed by atoms with van der Waals surface area (Å²) in [6.07, 6.45) is 3.33. The summed E-state index contributed by atoms with van der Waals surface area (Å²) in [5.74, 6) is -0.951. The van der Waals surface area contributed by atoms with E-state index in [-0.39, 0.29) is 12.4 Å². The first-order chi connectivity index (χ1) is 9.15. The van der Waals surface area contributed by atoms with Gasteiger partial charge in [-0.05, 0) is 24.1 Å². The molecule has 1 aromatic carbocycles. The molecule has 0 saturated carbocycles. The number of methoxy groups -OCH3 is 1. The second-order valence-electron chi connectivity index (χ2n) is 4.02. The number of benzene rings is 1. The van der Waals surface area contributed by atoms with E-state index in [4.69, 9.17) is 9.47 Å². The Bertz CT molecular complexity index is 460. The van der Waals surface area contributed by atoms with Crippen LogP contribution in [-0.4, -0.2) is 31.6 Å². The molecule has 0 amide bonds. The molecule has 1 aromatic rings. The van der Waals surface area contributed by atoms with Crippen LogP contribution in [0.2, 0.25) is 0 Å². The van der Waals surface area contributed by atoms with Gasteiger partial charge in [0.05, 0.1) is 12.2 Å². The summed E-state index contributed by atoms with van der Waals surface area (Å²) in [4.78, 5) is 11.2. The van der Waals surface area contributed by atoms with Gasteiger partial charge in [-0.3, -0.25) is 0 Å². The van der Waals surface area contributed by atoms with Gasteiger partial charge in [-0.25, -0.2) is 4.79 Å². The molecule has 0 saturated heterocycles. The number of allylic oxidation sites excluding steroid dienone is 2. The lowest BCUT2D eigenvalue weighted by Gasteiger charge is -2.03. The van der Waals surface area contributed by atoms with Crippen molar-refractivity contribution in [3.05, 3.63) is 53.6 Å².